The van der Waals surface area contributed by atoms with E-state index in [1.165, 1.54) is 5.57 Å². The lowest BCUT2D eigenvalue weighted by atomic mass is 9.62. The van der Waals surface area contributed by atoms with Crippen LogP contribution in [-0.2, 0) is 19.0 Å². The van der Waals surface area contributed by atoms with Gasteiger partial charge in [0.15, 0.2) is 6.29 Å². The van der Waals surface area contributed by atoms with Gasteiger partial charge in [0.05, 0.1) is 19.8 Å². The molecule has 1 aliphatic heterocycles. The largest absolute Gasteiger partial charge is 0.456 e. The summed E-state index contributed by atoms with van der Waals surface area (Å²) in [5.41, 5.74) is -0.778. The topological polar surface area (TPSA) is 65.0 Å². The molecule has 0 unspecified atom stereocenters. The number of carbonyl (C=O) groups excluding carboxylic acids is 1. The Morgan fingerprint density at radius 3 is 2.74 bits per heavy atom. The van der Waals surface area contributed by atoms with Gasteiger partial charge in [-0.2, -0.15) is 0 Å². The van der Waals surface area contributed by atoms with E-state index in [1.807, 2.05) is 19.9 Å². The molecule has 0 radical (unpaired) electrons. The minimum absolute atomic E-state index is 0.190. The van der Waals surface area contributed by atoms with Crippen molar-refractivity contribution in [3.63, 3.8) is 0 Å². The maximum absolute atomic E-state index is 11.6. The molecular weight excluding hydrogens is 296 g/mol. The second-order valence-corrected chi connectivity index (χ2v) is 6.62. The first-order valence-corrected chi connectivity index (χ1v) is 8.14. The Morgan fingerprint density at radius 2 is 2.13 bits per heavy atom. The molecular formula is C18H26O5. The third kappa shape index (κ3) is 3.95. The van der Waals surface area contributed by atoms with E-state index < -0.39 is 17.0 Å². The van der Waals surface area contributed by atoms with Gasteiger partial charge in [-0.25, -0.2) is 4.79 Å². The van der Waals surface area contributed by atoms with E-state index in [9.17, 15) is 9.90 Å². The van der Waals surface area contributed by atoms with Gasteiger partial charge in [0.25, 0.3) is 0 Å². The lowest BCUT2D eigenvalue weighted by Crippen LogP contribution is -2.50. The van der Waals surface area contributed by atoms with E-state index in [0.717, 1.165) is 0 Å². The molecule has 1 aliphatic carbocycles. The molecule has 5 nitrogen and oxygen atoms in total. The standard InChI is InChI=1S/C18H26O5/c1-5-21-15(19)6-7-18(20)11-14(3)13(2)10-17(18,4)12-16-22-8-9-23-16/h10,14,16,20H,5,8-9,11-12H2,1-4H3/t14-,17+,18+/m1/s1. The Morgan fingerprint density at radius 1 is 1.48 bits per heavy atom. The van der Waals surface area contributed by atoms with Crippen molar-refractivity contribution in [2.45, 2.75) is 52.4 Å². The average molecular weight is 322 g/mol. The first-order chi connectivity index (χ1) is 10.8. The Kier molecular flexibility index (Phi) is 5.51. The molecule has 1 heterocycles. The quantitative estimate of drug-likeness (QED) is 0.373. The van der Waals surface area contributed by atoms with Gasteiger partial charge in [0.1, 0.15) is 5.60 Å². The molecule has 0 aromatic carbocycles. The number of hydrogen-bond donors (Lipinski definition) is 1. The summed E-state index contributed by atoms with van der Waals surface area (Å²) in [6, 6.07) is 0. The van der Waals surface area contributed by atoms with Gasteiger partial charge < -0.3 is 19.3 Å². The molecule has 0 saturated carbocycles. The van der Waals surface area contributed by atoms with Crippen molar-refractivity contribution in [2.75, 3.05) is 19.8 Å². The lowest BCUT2D eigenvalue weighted by molar-refractivity contribution is -0.136. The van der Waals surface area contributed by atoms with Crippen LogP contribution < -0.4 is 0 Å². The monoisotopic (exact) mass is 322 g/mol. The van der Waals surface area contributed by atoms with Gasteiger partial charge in [-0.05, 0) is 26.2 Å². The van der Waals surface area contributed by atoms with E-state index in [1.54, 1.807) is 6.92 Å². The predicted octanol–water partition coefficient (Wildman–Crippen LogP) is 2.04. The molecule has 0 aromatic rings. The van der Waals surface area contributed by atoms with Gasteiger partial charge in [0.2, 0.25) is 0 Å². The van der Waals surface area contributed by atoms with Crippen LogP contribution in [0, 0.1) is 23.2 Å². The Balaban J connectivity index is 2.30. The number of rotatable bonds is 3. The number of hydrogen-bond acceptors (Lipinski definition) is 5. The molecule has 0 aromatic heterocycles. The molecule has 0 bridgehead atoms. The third-order valence-corrected chi connectivity index (χ3v) is 4.80. The number of carbonyl (C=O) groups is 1. The van der Waals surface area contributed by atoms with E-state index in [0.29, 0.717) is 26.1 Å². The third-order valence-electron chi connectivity index (χ3n) is 4.80. The van der Waals surface area contributed by atoms with Crippen LogP contribution in [0.1, 0.15) is 40.5 Å². The fourth-order valence-corrected chi connectivity index (χ4v) is 3.22. The summed E-state index contributed by atoms with van der Waals surface area (Å²) in [6.45, 7) is 9.15. The lowest BCUT2D eigenvalue weighted by Gasteiger charge is -2.46. The van der Waals surface area contributed by atoms with Crippen LogP contribution in [0.3, 0.4) is 0 Å². The van der Waals surface area contributed by atoms with Crippen molar-refractivity contribution in [3.8, 4) is 11.8 Å². The predicted molar refractivity (Wildman–Crippen MR) is 85.3 cm³/mol. The highest BCUT2D eigenvalue weighted by molar-refractivity contribution is 5.88. The number of esters is 1. The smallest absolute Gasteiger partial charge is 0.384 e. The number of aliphatic hydroxyl groups is 1. The minimum atomic E-state index is -1.33. The summed E-state index contributed by atoms with van der Waals surface area (Å²) in [5.74, 6) is 4.79. The van der Waals surface area contributed by atoms with Crippen LogP contribution in [0.25, 0.3) is 0 Å². The fourth-order valence-electron chi connectivity index (χ4n) is 3.22. The Labute approximate surface area is 138 Å². The first kappa shape index (κ1) is 18.0. The molecule has 23 heavy (non-hydrogen) atoms. The van der Waals surface area contributed by atoms with Crippen LogP contribution in [0.15, 0.2) is 11.6 Å². The van der Waals surface area contributed by atoms with Gasteiger partial charge in [-0.1, -0.05) is 31.4 Å². The van der Waals surface area contributed by atoms with Crippen molar-refractivity contribution in [2.24, 2.45) is 11.3 Å². The van der Waals surface area contributed by atoms with Crippen molar-refractivity contribution in [1.29, 1.82) is 0 Å². The van der Waals surface area contributed by atoms with Crippen molar-refractivity contribution in [1.82, 2.24) is 0 Å². The maximum atomic E-state index is 11.6. The summed E-state index contributed by atoms with van der Waals surface area (Å²) in [7, 11) is 0. The molecule has 3 atom stereocenters. The normalized spacial score (nSPS) is 34.5. The second-order valence-electron chi connectivity index (χ2n) is 6.62. The zero-order valence-corrected chi connectivity index (χ0v) is 14.3. The summed E-state index contributed by atoms with van der Waals surface area (Å²) >= 11 is 0. The molecule has 0 spiro atoms. The summed E-state index contributed by atoms with van der Waals surface area (Å²) in [6.07, 6.45) is 2.65. The van der Waals surface area contributed by atoms with Crippen molar-refractivity contribution < 1.29 is 24.1 Å². The molecule has 1 saturated heterocycles. The average Bonchev–Trinajstić information content (AvgIpc) is 2.96. The van der Waals surface area contributed by atoms with Gasteiger partial charge >= 0.3 is 5.97 Å². The maximum Gasteiger partial charge on any atom is 0.384 e. The van der Waals surface area contributed by atoms with E-state index >= 15 is 0 Å². The molecule has 128 valence electrons. The van der Waals surface area contributed by atoms with E-state index in [2.05, 4.69) is 18.8 Å². The SMILES string of the molecule is CCOC(=O)C#C[C@]1(O)C[C@@H](C)C(C)=C[C@@]1(C)CC1OCCO1. The van der Waals surface area contributed by atoms with E-state index in [4.69, 9.17) is 14.2 Å². The highest BCUT2D eigenvalue weighted by Gasteiger charge is 2.50. The van der Waals surface area contributed by atoms with E-state index in [-0.39, 0.29) is 18.8 Å². The highest BCUT2D eigenvalue weighted by Crippen LogP contribution is 2.48. The first-order valence-electron chi connectivity index (χ1n) is 8.14. The highest BCUT2D eigenvalue weighted by atomic mass is 16.7. The van der Waals surface area contributed by atoms with Crippen LogP contribution >= 0.6 is 0 Å². The van der Waals surface area contributed by atoms with Crippen LogP contribution in [-0.4, -0.2) is 42.8 Å². The van der Waals surface area contributed by atoms with Gasteiger partial charge in [-0.15, -0.1) is 0 Å². The van der Waals surface area contributed by atoms with Gasteiger partial charge in [-0.3, -0.25) is 0 Å². The Hall–Kier alpha value is -1.35. The fraction of sp³-hybridized carbons (Fsp3) is 0.722. The van der Waals surface area contributed by atoms with Crippen LogP contribution in [0.5, 0.6) is 0 Å². The van der Waals surface area contributed by atoms with Crippen molar-refractivity contribution in [3.05, 3.63) is 11.6 Å². The zero-order chi connectivity index (χ0) is 17.1. The van der Waals surface area contributed by atoms with Crippen LogP contribution in [0.4, 0.5) is 0 Å². The second kappa shape index (κ2) is 7.04. The number of allylic oxidation sites excluding steroid dienone is 1. The zero-order valence-electron chi connectivity index (χ0n) is 14.3. The molecule has 5 heteroatoms. The molecule has 1 fully saturated rings. The molecule has 1 N–H and O–H groups in total. The summed E-state index contributed by atoms with van der Waals surface area (Å²) < 4.78 is 15.9. The summed E-state index contributed by atoms with van der Waals surface area (Å²) in [5, 5.41) is 11.2. The molecule has 0 amide bonds. The van der Waals surface area contributed by atoms with Gasteiger partial charge in [0, 0.05) is 17.8 Å². The molecule has 2 aliphatic rings. The minimum Gasteiger partial charge on any atom is -0.456 e. The Bertz CT molecular complexity index is 537. The molecule has 2 rings (SSSR count). The van der Waals surface area contributed by atoms with Crippen molar-refractivity contribution >= 4 is 5.97 Å². The summed E-state index contributed by atoms with van der Waals surface area (Å²) in [4.78, 5) is 11.6. The van der Waals surface area contributed by atoms with Crippen LogP contribution in [0.2, 0.25) is 0 Å². The number of ether oxygens (including phenoxy) is 3.